The zero-order valence-corrected chi connectivity index (χ0v) is 11.7. The topological polar surface area (TPSA) is 43.8 Å². The highest BCUT2D eigenvalue weighted by molar-refractivity contribution is 5.35. The molecule has 0 atom stereocenters. The van der Waals surface area contributed by atoms with E-state index in [9.17, 15) is 0 Å². The first-order valence-corrected chi connectivity index (χ1v) is 7.02. The van der Waals surface area contributed by atoms with Gasteiger partial charge in [0.15, 0.2) is 0 Å². The third-order valence-electron chi connectivity index (χ3n) is 4.23. The van der Waals surface area contributed by atoms with Crippen molar-refractivity contribution in [2.45, 2.75) is 46.2 Å². The summed E-state index contributed by atoms with van der Waals surface area (Å²) in [5.41, 5.74) is 13.6. The van der Waals surface area contributed by atoms with Crippen LogP contribution in [0.4, 0.5) is 0 Å². The van der Waals surface area contributed by atoms with Gasteiger partial charge in [-0.25, -0.2) is 0 Å². The van der Waals surface area contributed by atoms with E-state index in [0.717, 1.165) is 12.2 Å². The van der Waals surface area contributed by atoms with Gasteiger partial charge in [-0.3, -0.25) is 4.68 Å². The molecule has 0 saturated heterocycles. The third kappa shape index (κ3) is 2.19. The number of hydrogen-bond acceptors (Lipinski definition) is 2. The molecule has 3 rings (SSSR count). The monoisotopic (exact) mass is 255 g/mol. The lowest BCUT2D eigenvalue weighted by molar-refractivity contribution is 0.657. The Morgan fingerprint density at radius 3 is 2.74 bits per heavy atom. The molecule has 1 aliphatic carbocycles. The minimum absolute atomic E-state index is 0.571. The minimum Gasteiger partial charge on any atom is -0.326 e. The van der Waals surface area contributed by atoms with Crippen LogP contribution in [0.15, 0.2) is 18.2 Å². The highest BCUT2D eigenvalue weighted by atomic mass is 15.3. The van der Waals surface area contributed by atoms with E-state index in [4.69, 9.17) is 5.73 Å². The van der Waals surface area contributed by atoms with E-state index in [1.54, 1.807) is 0 Å². The Balaban J connectivity index is 1.89. The predicted octanol–water partition coefficient (Wildman–Crippen LogP) is 2.50. The summed E-state index contributed by atoms with van der Waals surface area (Å²) in [4.78, 5) is 0. The third-order valence-corrected chi connectivity index (χ3v) is 4.23. The predicted molar refractivity (Wildman–Crippen MR) is 77.2 cm³/mol. The summed E-state index contributed by atoms with van der Waals surface area (Å²) in [5.74, 6) is 0. The molecule has 0 aliphatic heterocycles. The Bertz CT molecular complexity index is 611. The van der Waals surface area contributed by atoms with Gasteiger partial charge in [-0.15, -0.1) is 0 Å². The van der Waals surface area contributed by atoms with Crippen LogP contribution in [0, 0.1) is 13.8 Å². The van der Waals surface area contributed by atoms with Crippen LogP contribution in [-0.4, -0.2) is 9.78 Å². The SMILES string of the molecule is Cc1nn(Cc2ccc3c(c2)CCC3)c(C)c1CN. The molecule has 0 spiro atoms. The molecule has 1 aromatic heterocycles. The molecule has 0 fully saturated rings. The molecule has 19 heavy (non-hydrogen) atoms. The summed E-state index contributed by atoms with van der Waals surface area (Å²) < 4.78 is 2.08. The molecule has 1 aliphatic rings. The van der Waals surface area contributed by atoms with Crippen molar-refractivity contribution < 1.29 is 0 Å². The Hall–Kier alpha value is -1.61. The Labute approximate surface area is 114 Å². The second-order valence-electron chi connectivity index (χ2n) is 5.47. The lowest BCUT2D eigenvalue weighted by Crippen LogP contribution is -2.06. The van der Waals surface area contributed by atoms with Crippen molar-refractivity contribution in [3.63, 3.8) is 0 Å². The molecule has 2 aromatic rings. The summed E-state index contributed by atoms with van der Waals surface area (Å²) >= 11 is 0. The van der Waals surface area contributed by atoms with Crippen molar-refractivity contribution in [1.29, 1.82) is 0 Å². The Morgan fingerprint density at radius 1 is 1.21 bits per heavy atom. The summed E-state index contributed by atoms with van der Waals surface area (Å²) in [6.07, 6.45) is 3.77. The highest BCUT2D eigenvalue weighted by Gasteiger charge is 2.13. The van der Waals surface area contributed by atoms with Crippen LogP contribution in [0.25, 0.3) is 0 Å². The lowest BCUT2D eigenvalue weighted by atomic mass is 10.1. The molecule has 3 heteroatoms. The van der Waals surface area contributed by atoms with E-state index in [1.165, 1.54) is 47.2 Å². The van der Waals surface area contributed by atoms with Crippen molar-refractivity contribution >= 4 is 0 Å². The number of nitrogens with two attached hydrogens (primary N) is 1. The maximum atomic E-state index is 5.78. The van der Waals surface area contributed by atoms with Crippen molar-refractivity contribution in [3.8, 4) is 0 Å². The number of rotatable bonds is 3. The van der Waals surface area contributed by atoms with E-state index in [0.29, 0.717) is 6.54 Å². The molecule has 1 aromatic carbocycles. The number of hydrogen-bond donors (Lipinski definition) is 1. The molecule has 1 heterocycles. The van der Waals surface area contributed by atoms with Gasteiger partial charge in [-0.1, -0.05) is 18.2 Å². The highest BCUT2D eigenvalue weighted by Crippen LogP contribution is 2.23. The lowest BCUT2D eigenvalue weighted by Gasteiger charge is -2.07. The largest absolute Gasteiger partial charge is 0.326 e. The van der Waals surface area contributed by atoms with Gasteiger partial charge in [-0.05, 0) is 49.8 Å². The number of fused-ring (bicyclic) bond motifs is 1. The second kappa shape index (κ2) is 4.82. The molecule has 0 radical (unpaired) electrons. The first-order valence-electron chi connectivity index (χ1n) is 7.02. The van der Waals surface area contributed by atoms with Crippen LogP contribution in [0.2, 0.25) is 0 Å². The number of aryl methyl sites for hydroxylation is 3. The van der Waals surface area contributed by atoms with Gasteiger partial charge < -0.3 is 5.73 Å². The standard InChI is InChI=1S/C16H21N3/c1-11-16(9-17)12(2)19(18-11)10-13-6-7-14-4-3-5-15(14)8-13/h6-8H,3-5,9-10,17H2,1-2H3. The maximum absolute atomic E-state index is 5.78. The average Bonchev–Trinajstić information content (AvgIpc) is 2.95. The molecule has 3 nitrogen and oxygen atoms in total. The summed E-state index contributed by atoms with van der Waals surface area (Å²) in [5, 5.41) is 4.61. The van der Waals surface area contributed by atoms with E-state index < -0.39 is 0 Å². The van der Waals surface area contributed by atoms with Gasteiger partial charge >= 0.3 is 0 Å². The molecule has 2 N–H and O–H groups in total. The Morgan fingerprint density at radius 2 is 2.00 bits per heavy atom. The van der Waals surface area contributed by atoms with Crippen LogP contribution in [-0.2, 0) is 25.9 Å². The molecular formula is C16H21N3. The molecule has 0 unspecified atom stereocenters. The fourth-order valence-electron chi connectivity index (χ4n) is 3.08. The van der Waals surface area contributed by atoms with E-state index in [1.807, 2.05) is 6.92 Å². The molecule has 0 saturated carbocycles. The Kier molecular flexibility index (Phi) is 3.15. The quantitative estimate of drug-likeness (QED) is 0.915. The van der Waals surface area contributed by atoms with Gasteiger partial charge in [0.2, 0.25) is 0 Å². The molecule has 0 amide bonds. The minimum atomic E-state index is 0.571. The van der Waals surface area contributed by atoms with E-state index in [2.05, 4.69) is 34.9 Å². The summed E-state index contributed by atoms with van der Waals surface area (Å²) in [6.45, 7) is 5.56. The second-order valence-corrected chi connectivity index (χ2v) is 5.47. The smallest absolute Gasteiger partial charge is 0.0662 e. The zero-order chi connectivity index (χ0) is 13.4. The molecule has 100 valence electrons. The summed E-state index contributed by atoms with van der Waals surface area (Å²) in [7, 11) is 0. The van der Waals surface area contributed by atoms with E-state index >= 15 is 0 Å². The average molecular weight is 255 g/mol. The first kappa shape index (κ1) is 12.4. The zero-order valence-electron chi connectivity index (χ0n) is 11.7. The van der Waals surface area contributed by atoms with Crippen molar-refractivity contribution in [1.82, 2.24) is 9.78 Å². The van der Waals surface area contributed by atoms with Crippen LogP contribution < -0.4 is 5.73 Å². The first-order chi connectivity index (χ1) is 9.19. The van der Waals surface area contributed by atoms with Crippen LogP contribution >= 0.6 is 0 Å². The van der Waals surface area contributed by atoms with Crippen molar-refractivity contribution in [2.75, 3.05) is 0 Å². The number of nitrogens with zero attached hydrogens (tertiary/aromatic N) is 2. The van der Waals surface area contributed by atoms with Gasteiger partial charge in [0.25, 0.3) is 0 Å². The maximum Gasteiger partial charge on any atom is 0.0662 e. The van der Waals surface area contributed by atoms with Crippen molar-refractivity contribution in [2.24, 2.45) is 5.73 Å². The fourth-order valence-corrected chi connectivity index (χ4v) is 3.08. The van der Waals surface area contributed by atoms with Gasteiger partial charge in [0.1, 0.15) is 0 Å². The van der Waals surface area contributed by atoms with Gasteiger partial charge in [0, 0.05) is 17.8 Å². The van der Waals surface area contributed by atoms with Crippen LogP contribution in [0.1, 0.15) is 40.1 Å². The van der Waals surface area contributed by atoms with Crippen LogP contribution in [0.3, 0.4) is 0 Å². The number of aromatic nitrogens is 2. The number of benzene rings is 1. The fraction of sp³-hybridized carbons (Fsp3) is 0.438. The van der Waals surface area contributed by atoms with Gasteiger partial charge in [-0.2, -0.15) is 5.10 Å². The molecule has 0 bridgehead atoms. The van der Waals surface area contributed by atoms with Gasteiger partial charge in [0.05, 0.1) is 12.2 Å². The van der Waals surface area contributed by atoms with E-state index in [-0.39, 0.29) is 0 Å². The van der Waals surface area contributed by atoms with Crippen LogP contribution in [0.5, 0.6) is 0 Å². The molecular weight excluding hydrogens is 234 g/mol. The summed E-state index contributed by atoms with van der Waals surface area (Å²) in [6, 6.07) is 6.87. The normalized spacial score (nSPS) is 13.8. The van der Waals surface area contributed by atoms with Crippen molar-refractivity contribution in [3.05, 3.63) is 51.8 Å².